The highest BCUT2D eigenvalue weighted by molar-refractivity contribution is 5.89. The van der Waals surface area contributed by atoms with Crippen molar-refractivity contribution in [1.82, 2.24) is 0 Å². The molecule has 2 rings (SSSR count). The molecule has 0 aromatic carbocycles. The smallest absolute Gasteiger partial charge is 0.337 e. The first-order valence-electron chi connectivity index (χ1n) is 8.49. The van der Waals surface area contributed by atoms with Gasteiger partial charge in [-0.05, 0) is 0 Å². The molecule has 0 bridgehead atoms. The van der Waals surface area contributed by atoms with Crippen LogP contribution in [0.25, 0.3) is 0 Å². The van der Waals surface area contributed by atoms with Crippen LogP contribution in [0.5, 0.6) is 0 Å². The van der Waals surface area contributed by atoms with Gasteiger partial charge in [-0.25, -0.2) is 4.79 Å². The topological polar surface area (TPSA) is 172 Å². The fraction of sp³-hybridized carbons (Fsp3) is 0.647. The molecular weight excluding hydrogens is 380 g/mol. The summed E-state index contributed by atoms with van der Waals surface area (Å²) < 4.78 is 20.8. The summed E-state index contributed by atoms with van der Waals surface area (Å²) >= 11 is 0. The Morgan fingerprint density at radius 1 is 1.21 bits per heavy atom. The number of hydrogen-bond donors (Lipinski definition) is 5. The summed E-state index contributed by atoms with van der Waals surface area (Å²) in [6.45, 7) is 2.97. The van der Waals surface area contributed by atoms with Crippen LogP contribution in [0.2, 0.25) is 0 Å². The Labute approximate surface area is 160 Å². The molecule has 0 aliphatic carbocycles. The maximum atomic E-state index is 11.9. The van der Waals surface area contributed by atoms with E-state index in [2.05, 4.69) is 11.3 Å². The van der Waals surface area contributed by atoms with E-state index in [1.54, 1.807) is 0 Å². The zero-order chi connectivity index (χ0) is 21.0. The Hall–Kier alpha value is -2.02. The molecule has 1 fully saturated rings. The average Bonchev–Trinajstić information content (AvgIpc) is 2.67. The van der Waals surface area contributed by atoms with Gasteiger partial charge in [0.2, 0.25) is 6.29 Å². The molecule has 5 N–H and O–H groups in total. The van der Waals surface area contributed by atoms with Crippen LogP contribution in [-0.4, -0.2) is 88.2 Å². The van der Waals surface area contributed by atoms with E-state index in [9.17, 15) is 35.1 Å². The third kappa shape index (κ3) is 4.51. The minimum atomic E-state index is -1.67. The van der Waals surface area contributed by atoms with Crippen molar-refractivity contribution in [3.05, 3.63) is 24.5 Å². The third-order valence-electron chi connectivity index (χ3n) is 4.71. The van der Waals surface area contributed by atoms with Gasteiger partial charge in [-0.3, -0.25) is 4.79 Å². The molecule has 28 heavy (non-hydrogen) atoms. The highest BCUT2D eigenvalue weighted by atomic mass is 16.8. The number of carboxylic acid groups (broad SMARTS) is 1. The van der Waals surface area contributed by atoms with Crippen molar-refractivity contribution in [2.75, 3.05) is 13.7 Å². The SMILES string of the molecule is C=CC1C(OC2OC(CO)C(O)C(O)C2O)OC=C(C(=O)OC)C1CC(=O)O. The Morgan fingerprint density at radius 3 is 2.43 bits per heavy atom. The molecule has 2 aliphatic heterocycles. The number of hydrogen-bond acceptors (Lipinski definition) is 10. The second-order valence-corrected chi connectivity index (χ2v) is 6.42. The summed E-state index contributed by atoms with van der Waals surface area (Å²) in [5.41, 5.74) is -0.0246. The zero-order valence-corrected chi connectivity index (χ0v) is 15.1. The second-order valence-electron chi connectivity index (χ2n) is 6.42. The molecular formula is C17H24O11. The Kier molecular flexibility index (Phi) is 7.52. The molecule has 2 heterocycles. The van der Waals surface area contributed by atoms with Crippen molar-refractivity contribution in [2.45, 2.75) is 43.4 Å². The van der Waals surface area contributed by atoms with Gasteiger partial charge < -0.3 is 44.5 Å². The molecule has 0 aromatic rings. The summed E-state index contributed by atoms with van der Waals surface area (Å²) in [5, 5.41) is 48.2. The van der Waals surface area contributed by atoms with Crippen LogP contribution in [0, 0.1) is 11.8 Å². The van der Waals surface area contributed by atoms with Gasteiger partial charge >= 0.3 is 11.9 Å². The molecule has 2 aliphatic rings. The minimum Gasteiger partial charge on any atom is -0.481 e. The van der Waals surface area contributed by atoms with Gasteiger partial charge in [0.25, 0.3) is 0 Å². The largest absolute Gasteiger partial charge is 0.481 e. The van der Waals surface area contributed by atoms with E-state index in [4.69, 9.17) is 14.2 Å². The van der Waals surface area contributed by atoms with Crippen LogP contribution in [0.1, 0.15) is 6.42 Å². The van der Waals surface area contributed by atoms with Crippen LogP contribution in [0.4, 0.5) is 0 Å². The van der Waals surface area contributed by atoms with Crippen molar-refractivity contribution in [3.8, 4) is 0 Å². The van der Waals surface area contributed by atoms with Crippen molar-refractivity contribution in [3.63, 3.8) is 0 Å². The maximum Gasteiger partial charge on any atom is 0.337 e. The van der Waals surface area contributed by atoms with Crippen LogP contribution in [0.15, 0.2) is 24.5 Å². The van der Waals surface area contributed by atoms with Crippen molar-refractivity contribution >= 4 is 11.9 Å². The molecule has 0 spiro atoms. The lowest BCUT2D eigenvalue weighted by molar-refractivity contribution is -0.339. The lowest BCUT2D eigenvalue weighted by Gasteiger charge is -2.42. The predicted molar refractivity (Wildman–Crippen MR) is 89.3 cm³/mol. The molecule has 0 radical (unpaired) electrons. The molecule has 11 heteroatoms. The molecule has 0 saturated carbocycles. The van der Waals surface area contributed by atoms with Crippen molar-refractivity contribution in [1.29, 1.82) is 0 Å². The average molecular weight is 404 g/mol. The van der Waals surface area contributed by atoms with Crippen LogP contribution in [-0.2, 0) is 28.5 Å². The predicted octanol–water partition coefficient (Wildman–Crippen LogP) is -1.89. The third-order valence-corrected chi connectivity index (χ3v) is 4.71. The van der Waals surface area contributed by atoms with E-state index >= 15 is 0 Å². The number of rotatable bonds is 7. The fourth-order valence-corrected chi connectivity index (χ4v) is 3.18. The van der Waals surface area contributed by atoms with Crippen LogP contribution in [0.3, 0.4) is 0 Å². The van der Waals surface area contributed by atoms with Gasteiger partial charge in [-0.1, -0.05) is 6.08 Å². The number of esters is 1. The summed E-state index contributed by atoms with van der Waals surface area (Å²) in [4.78, 5) is 23.2. The lowest BCUT2D eigenvalue weighted by Crippen LogP contribution is -2.60. The lowest BCUT2D eigenvalue weighted by atomic mass is 9.81. The number of aliphatic hydroxyl groups is 4. The number of carbonyl (C=O) groups excluding carboxylic acids is 1. The Bertz CT molecular complexity index is 616. The van der Waals surface area contributed by atoms with Gasteiger partial charge in [0.05, 0.1) is 32.0 Å². The van der Waals surface area contributed by atoms with Crippen LogP contribution >= 0.6 is 0 Å². The summed E-state index contributed by atoms with van der Waals surface area (Å²) in [7, 11) is 1.14. The van der Waals surface area contributed by atoms with E-state index in [1.165, 1.54) is 6.08 Å². The first kappa shape index (κ1) is 22.3. The van der Waals surface area contributed by atoms with Crippen molar-refractivity contribution < 1.29 is 54.1 Å². The van der Waals surface area contributed by atoms with E-state index in [1.807, 2.05) is 0 Å². The highest BCUT2D eigenvalue weighted by Gasteiger charge is 2.47. The quantitative estimate of drug-likeness (QED) is 0.237. The minimum absolute atomic E-state index is 0.0246. The number of methoxy groups -OCH3 is 1. The number of carboxylic acids is 1. The molecule has 1 saturated heterocycles. The zero-order valence-electron chi connectivity index (χ0n) is 15.1. The normalized spacial score (nSPS) is 38.1. The summed E-state index contributed by atoms with van der Waals surface area (Å²) in [6, 6.07) is 0. The maximum absolute atomic E-state index is 11.9. The Balaban J connectivity index is 2.24. The monoisotopic (exact) mass is 404 g/mol. The highest BCUT2D eigenvalue weighted by Crippen LogP contribution is 2.36. The standard InChI is InChI=1S/C17H24O11/c1-3-7-8(4-11(19)20)9(15(24)25-2)6-26-16(7)28-17-14(23)13(22)12(21)10(5-18)27-17/h3,6-8,10,12-14,16-18,21-23H,1,4-5H2,2H3,(H,19,20). The molecule has 158 valence electrons. The first-order valence-corrected chi connectivity index (χ1v) is 8.49. The number of ether oxygens (including phenoxy) is 4. The molecule has 8 unspecified atom stereocenters. The Morgan fingerprint density at radius 2 is 1.89 bits per heavy atom. The van der Waals surface area contributed by atoms with Gasteiger partial charge in [0, 0.05) is 11.8 Å². The summed E-state index contributed by atoms with van der Waals surface area (Å²) in [6.07, 6.45) is -6.91. The number of aliphatic carboxylic acids is 1. The van der Waals surface area contributed by atoms with E-state index in [0.717, 1.165) is 13.4 Å². The van der Waals surface area contributed by atoms with Gasteiger partial charge in [0.1, 0.15) is 24.4 Å². The fourth-order valence-electron chi connectivity index (χ4n) is 3.18. The van der Waals surface area contributed by atoms with E-state index in [-0.39, 0.29) is 5.57 Å². The molecule has 0 amide bonds. The van der Waals surface area contributed by atoms with E-state index in [0.29, 0.717) is 0 Å². The molecule has 11 nitrogen and oxygen atoms in total. The van der Waals surface area contributed by atoms with Gasteiger partial charge in [-0.15, -0.1) is 6.58 Å². The first-order chi connectivity index (χ1) is 13.2. The van der Waals surface area contributed by atoms with Gasteiger partial charge in [0.15, 0.2) is 6.29 Å². The molecule has 8 atom stereocenters. The van der Waals surface area contributed by atoms with Crippen molar-refractivity contribution in [2.24, 2.45) is 11.8 Å². The van der Waals surface area contributed by atoms with Gasteiger partial charge in [-0.2, -0.15) is 0 Å². The van der Waals surface area contributed by atoms with E-state index < -0.39 is 73.8 Å². The second kappa shape index (κ2) is 9.45. The summed E-state index contributed by atoms with van der Waals surface area (Å²) in [5.74, 6) is -3.70. The number of carbonyl (C=O) groups is 2. The van der Waals surface area contributed by atoms with Crippen LogP contribution < -0.4 is 0 Å². The molecule has 0 aromatic heterocycles. The number of aliphatic hydroxyl groups excluding tert-OH is 4.